The molecule has 9 heteroatoms. The number of anilines is 1. The molecule has 1 aliphatic carbocycles. The summed E-state index contributed by atoms with van der Waals surface area (Å²) >= 11 is 0. The average Bonchev–Trinajstić information content (AvgIpc) is 3.33. The summed E-state index contributed by atoms with van der Waals surface area (Å²) in [7, 11) is 0. The number of likely N-dealkylation sites (tertiary alicyclic amines) is 1. The molecule has 3 aliphatic rings. The maximum atomic E-state index is 12.9. The second kappa shape index (κ2) is 10.9. The third-order valence-corrected chi connectivity index (χ3v) is 7.74. The number of aryl methyl sites for hydroxylation is 2. The number of rotatable bonds is 9. The number of pyridine rings is 1. The van der Waals surface area contributed by atoms with Crippen molar-refractivity contribution in [1.29, 1.82) is 0 Å². The van der Waals surface area contributed by atoms with Crippen molar-refractivity contribution in [3.63, 3.8) is 0 Å². The van der Waals surface area contributed by atoms with Crippen LogP contribution in [0.4, 0.5) is 10.6 Å². The van der Waals surface area contributed by atoms with E-state index in [0.717, 1.165) is 29.7 Å². The molecule has 2 aromatic rings. The molecule has 1 saturated heterocycles. The number of piperidine rings is 1. The predicted octanol–water partition coefficient (Wildman–Crippen LogP) is 3.19. The Morgan fingerprint density at radius 1 is 1.14 bits per heavy atom. The van der Waals surface area contributed by atoms with E-state index in [1.807, 2.05) is 54.3 Å². The Morgan fingerprint density at radius 3 is 2.59 bits per heavy atom. The molecule has 2 fully saturated rings. The standard InChI is InChI=1S/C28H34N4O5/c1-2-37-25(34)15-23(18-7-4-3-5-8-18)30-26-21-16-31(17-22(21)26)24(33)13-12-20-11-10-19-9-6-14-32(28(35)36)27(19)29-20/h3-5,7-8,10-11,21-23,26,30H,2,6,9,12-17H2,1H3,(H,35,36)/t21-,22+,23?,26?. The van der Waals surface area contributed by atoms with Crippen LogP contribution in [0.3, 0.4) is 0 Å². The van der Waals surface area contributed by atoms with Gasteiger partial charge < -0.3 is 20.1 Å². The molecule has 2 amide bonds. The minimum absolute atomic E-state index is 0.103. The Morgan fingerprint density at radius 2 is 1.89 bits per heavy atom. The zero-order valence-electron chi connectivity index (χ0n) is 21.1. The normalized spacial score (nSPS) is 22.7. The van der Waals surface area contributed by atoms with Crippen molar-refractivity contribution in [2.45, 2.75) is 51.1 Å². The van der Waals surface area contributed by atoms with Crippen molar-refractivity contribution in [3.05, 3.63) is 59.3 Å². The number of hydrogen-bond donors (Lipinski definition) is 2. The number of amides is 2. The van der Waals surface area contributed by atoms with Crippen LogP contribution in [0.5, 0.6) is 0 Å². The minimum atomic E-state index is -0.988. The van der Waals surface area contributed by atoms with E-state index in [-0.39, 0.29) is 30.4 Å². The van der Waals surface area contributed by atoms with Gasteiger partial charge in [0.1, 0.15) is 5.82 Å². The molecule has 2 N–H and O–H groups in total. The van der Waals surface area contributed by atoms with Crippen LogP contribution >= 0.6 is 0 Å². The summed E-state index contributed by atoms with van der Waals surface area (Å²) in [6.07, 6.45) is 1.75. The summed E-state index contributed by atoms with van der Waals surface area (Å²) in [6.45, 7) is 4.06. The number of carbonyl (C=O) groups excluding carboxylic acids is 2. The first-order valence-electron chi connectivity index (χ1n) is 13.2. The number of esters is 1. The molecular formula is C28H34N4O5. The molecule has 0 radical (unpaired) electrons. The van der Waals surface area contributed by atoms with Crippen LogP contribution < -0.4 is 10.2 Å². The number of nitrogens with zero attached hydrogens (tertiary/aromatic N) is 3. The van der Waals surface area contributed by atoms with Crippen LogP contribution in [-0.2, 0) is 27.2 Å². The van der Waals surface area contributed by atoms with Crippen molar-refractivity contribution >= 4 is 23.8 Å². The molecule has 9 nitrogen and oxygen atoms in total. The van der Waals surface area contributed by atoms with Crippen LogP contribution in [0.25, 0.3) is 0 Å². The zero-order chi connectivity index (χ0) is 25.9. The average molecular weight is 507 g/mol. The van der Waals surface area contributed by atoms with Gasteiger partial charge in [0, 0.05) is 43.8 Å². The van der Waals surface area contributed by atoms with Gasteiger partial charge in [-0.15, -0.1) is 0 Å². The fraction of sp³-hybridized carbons (Fsp3) is 0.500. The lowest BCUT2D eigenvalue weighted by Gasteiger charge is -2.26. The van der Waals surface area contributed by atoms with E-state index in [4.69, 9.17) is 4.74 Å². The lowest BCUT2D eigenvalue weighted by molar-refractivity contribution is -0.143. The highest BCUT2D eigenvalue weighted by atomic mass is 16.5. The molecule has 37 heavy (non-hydrogen) atoms. The summed E-state index contributed by atoms with van der Waals surface area (Å²) in [5, 5.41) is 13.1. The molecule has 0 bridgehead atoms. The largest absolute Gasteiger partial charge is 0.466 e. The molecule has 5 rings (SSSR count). The number of aromatic nitrogens is 1. The Kier molecular flexibility index (Phi) is 7.41. The van der Waals surface area contributed by atoms with Crippen molar-refractivity contribution in [2.24, 2.45) is 11.8 Å². The second-order valence-corrected chi connectivity index (χ2v) is 10.1. The summed E-state index contributed by atoms with van der Waals surface area (Å²) in [4.78, 5) is 44.5. The molecule has 2 unspecified atom stereocenters. The summed E-state index contributed by atoms with van der Waals surface area (Å²) in [5.41, 5.74) is 2.75. The quantitative estimate of drug-likeness (QED) is 0.503. The lowest BCUT2D eigenvalue weighted by atomic mass is 10.0. The smallest absolute Gasteiger partial charge is 0.413 e. The molecule has 1 aromatic heterocycles. The topological polar surface area (TPSA) is 112 Å². The van der Waals surface area contributed by atoms with E-state index in [0.29, 0.717) is 56.7 Å². The van der Waals surface area contributed by atoms with Gasteiger partial charge >= 0.3 is 12.1 Å². The van der Waals surface area contributed by atoms with Crippen molar-refractivity contribution in [2.75, 3.05) is 31.1 Å². The molecule has 3 heterocycles. The Labute approximate surface area is 216 Å². The SMILES string of the molecule is CCOC(=O)CC(NC1[C@H]2CN(C(=O)CCc3ccc4c(n3)N(C(=O)O)CCC4)C[C@@H]12)c1ccccc1. The number of carboxylic acid groups (broad SMARTS) is 1. The Bertz CT molecular complexity index is 1140. The molecule has 1 saturated carbocycles. The van der Waals surface area contributed by atoms with E-state index < -0.39 is 6.09 Å². The van der Waals surface area contributed by atoms with Gasteiger partial charge in [0.05, 0.1) is 13.0 Å². The predicted molar refractivity (Wildman–Crippen MR) is 137 cm³/mol. The van der Waals surface area contributed by atoms with Gasteiger partial charge in [-0.3, -0.25) is 14.5 Å². The van der Waals surface area contributed by atoms with E-state index >= 15 is 0 Å². The number of ether oxygens (including phenoxy) is 1. The maximum Gasteiger partial charge on any atom is 0.413 e. The van der Waals surface area contributed by atoms with Gasteiger partial charge in [0.25, 0.3) is 0 Å². The number of fused-ring (bicyclic) bond motifs is 2. The van der Waals surface area contributed by atoms with Crippen LogP contribution in [0, 0.1) is 11.8 Å². The van der Waals surface area contributed by atoms with Gasteiger partial charge in [-0.2, -0.15) is 0 Å². The first-order chi connectivity index (χ1) is 17.9. The summed E-state index contributed by atoms with van der Waals surface area (Å²) in [5.74, 6) is 1.18. The molecule has 2 aliphatic heterocycles. The van der Waals surface area contributed by atoms with Crippen LogP contribution in [0.15, 0.2) is 42.5 Å². The number of carbonyl (C=O) groups is 3. The van der Waals surface area contributed by atoms with Crippen LogP contribution in [-0.4, -0.2) is 65.2 Å². The van der Waals surface area contributed by atoms with Crippen molar-refractivity contribution in [1.82, 2.24) is 15.2 Å². The minimum Gasteiger partial charge on any atom is -0.466 e. The van der Waals surface area contributed by atoms with E-state index in [2.05, 4.69) is 10.3 Å². The first kappa shape index (κ1) is 25.2. The van der Waals surface area contributed by atoms with Gasteiger partial charge in [-0.05, 0) is 55.2 Å². The number of benzene rings is 1. The Balaban J connectivity index is 1.13. The fourth-order valence-corrected chi connectivity index (χ4v) is 5.75. The molecule has 0 spiro atoms. The third-order valence-electron chi connectivity index (χ3n) is 7.74. The van der Waals surface area contributed by atoms with Crippen molar-refractivity contribution in [3.8, 4) is 0 Å². The Hall–Kier alpha value is -3.46. The zero-order valence-corrected chi connectivity index (χ0v) is 21.1. The highest BCUT2D eigenvalue weighted by Gasteiger charge is 2.57. The highest BCUT2D eigenvalue weighted by Crippen LogP contribution is 2.47. The number of nitrogens with one attached hydrogen (secondary N) is 1. The summed E-state index contributed by atoms with van der Waals surface area (Å²) < 4.78 is 5.18. The molecular weight excluding hydrogens is 472 g/mol. The monoisotopic (exact) mass is 506 g/mol. The summed E-state index contributed by atoms with van der Waals surface area (Å²) in [6, 6.07) is 14.0. The highest BCUT2D eigenvalue weighted by molar-refractivity contribution is 5.86. The molecule has 196 valence electrons. The molecule has 4 atom stereocenters. The van der Waals surface area contributed by atoms with Gasteiger partial charge in [-0.25, -0.2) is 9.78 Å². The van der Waals surface area contributed by atoms with Gasteiger partial charge in [0.2, 0.25) is 5.91 Å². The van der Waals surface area contributed by atoms with Gasteiger partial charge in [-0.1, -0.05) is 36.4 Å². The van der Waals surface area contributed by atoms with E-state index in [1.165, 1.54) is 4.90 Å². The van der Waals surface area contributed by atoms with Gasteiger partial charge in [0.15, 0.2) is 0 Å². The molecule has 1 aromatic carbocycles. The second-order valence-electron chi connectivity index (χ2n) is 10.1. The third kappa shape index (κ3) is 5.61. The van der Waals surface area contributed by atoms with E-state index in [1.54, 1.807) is 0 Å². The number of hydrogen-bond acceptors (Lipinski definition) is 6. The maximum absolute atomic E-state index is 12.9. The lowest BCUT2D eigenvalue weighted by Crippen LogP contribution is -2.37. The fourth-order valence-electron chi connectivity index (χ4n) is 5.75. The first-order valence-corrected chi connectivity index (χ1v) is 13.2. The van der Waals surface area contributed by atoms with Crippen LogP contribution in [0.2, 0.25) is 0 Å². The van der Waals surface area contributed by atoms with Crippen molar-refractivity contribution < 1.29 is 24.2 Å². The van der Waals surface area contributed by atoms with Crippen LogP contribution in [0.1, 0.15) is 49.0 Å². The van der Waals surface area contributed by atoms with E-state index in [9.17, 15) is 19.5 Å².